The zero-order chi connectivity index (χ0) is 19.7. The lowest BCUT2D eigenvalue weighted by Crippen LogP contribution is -3.12. The SMILES string of the molecule is C[NH+]1CCN(c2nc3ccccc3nc2[N-]S(=O)(=O)c2ccc(Br)cc2)CC1. The first-order chi connectivity index (χ1) is 13.4. The third kappa shape index (κ3) is 3.96. The molecule has 0 bridgehead atoms. The van der Waals surface area contributed by atoms with Crippen molar-refractivity contribution in [2.75, 3.05) is 38.1 Å². The molecule has 0 radical (unpaired) electrons. The highest BCUT2D eigenvalue weighted by Gasteiger charge is 2.21. The molecule has 0 amide bonds. The molecule has 2 aromatic carbocycles. The van der Waals surface area contributed by atoms with Crippen molar-refractivity contribution in [3.8, 4) is 0 Å². The van der Waals surface area contributed by atoms with E-state index in [1.807, 2.05) is 24.3 Å². The van der Waals surface area contributed by atoms with Gasteiger partial charge in [-0.1, -0.05) is 34.1 Å². The average Bonchev–Trinajstić information content (AvgIpc) is 2.68. The molecule has 1 aliphatic heterocycles. The van der Waals surface area contributed by atoms with E-state index in [9.17, 15) is 8.42 Å². The lowest BCUT2D eigenvalue weighted by atomic mass is 10.3. The maximum atomic E-state index is 12.9. The fourth-order valence-corrected chi connectivity index (χ4v) is 4.33. The third-order valence-electron chi connectivity index (χ3n) is 4.77. The van der Waals surface area contributed by atoms with Gasteiger partial charge in [-0.25, -0.2) is 13.4 Å². The Kier molecular flexibility index (Phi) is 5.22. The second kappa shape index (κ2) is 7.65. The number of likely N-dealkylation sites (N-methyl/N-ethyl adjacent to an activating group) is 1. The Bertz CT molecular complexity index is 1100. The molecule has 1 fully saturated rings. The van der Waals surface area contributed by atoms with E-state index in [1.165, 1.54) is 17.0 Å². The van der Waals surface area contributed by atoms with E-state index in [0.717, 1.165) is 36.2 Å². The molecule has 3 aromatic rings. The Hall–Kier alpha value is -2.23. The molecular formula is C19H20BrN5O2S. The van der Waals surface area contributed by atoms with Crippen molar-refractivity contribution >= 4 is 48.6 Å². The van der Waals surface area contributed by atoms with Gasteiger partial charge in [0.05, 0.1) is 43.6 Å². The molecule has 0 unspecified atom stereocenters. The summed E-state index contributed by atoms with van der Waals surface area (Å²) in [7, 11) is -1.76. The van der Waals surface area contributed by atoms with Gasteiger partial charge >= 0.3 is 0 Å². The molecule has 0 atom stereocenters. The maximum absolute atomic E-state index is 12.9. The number of nitrogens with zero attached hydrogens (tertiary/aromatic N) is 4. The van der Waals surface area contributed by atoms with Crippen molar-refractivity contribution in [1.29, 1.82) is 0 Å². The van der Waals surface area contributed by atoms with Crippen molar-refractivity contribution in [1.82, 2.24) is 9.97 Å². The van der Waals surface area contributed by atoms with Gasteiger partial charge in [-0.2, -0.15) is 0 Å². The molecule has 146 valence electrons. The lowest BCUT2D eigenvalue weighted by Gasteiger charge is -2.34. The smallest absolute Gasteiger partial charge is 0.202 e. The number of sulfonamides is 1. The maximum Gasteiger partial charge on any atom is 0.202 e. The Morgan fingerprint density at radius 2 is 1.61 bits per heavy atom. The van der Waals surface area contributed by atoms with Crippen LogP contribution in [-0.4, -0.2) is 51.6 Å². The van der Waals surface area contributed by atoms with Gasteiger partial charge in [-0.15, -0.1) is 0 Å². The number of hydrogen-bond acceptors (Lipinski definition) is 5. The largest absolute Gasteiger partial charge is 0.431 e. The van der Waals surface area contributed by atoms with E-state index < -0.39 is 10.0 Å². The molecule has 1 saturated heterocycles. The molecule has 0 spiro atoms. The van der Waals surface area contributed by atoms with Crippen LogP contribution in [0.15, 0.2) is 57.9 Å². The normalized spacial score (nSPS) is 15.7. The monoisotopic (exact) mass is 461 g/mol. The van der Waals surface area contributed by atoms with E-state index >= 15 is 0 Å². The van der Waals surface area contributed by atoms with Gasteiger partial charge < -0.3 is 19.5 Å². The Labute approximate surface area is 172 Å². The summed E-state index contributed by atoms with van der Waals surface area (Å²) in [4.78, 5) is 12.9. The summed E-state index contributed by atoms with van der Waals surface area (Å²) in [6, 6.07) is 13.8. The van der Waals surface area contributed by atoms with Crippen molar-refractivity contribution < 1.29 is 13.3 Å². The van der Waals surface area contributed by atoms with Crippen LogP contribution >= 0.6 is 15.9 Å². The molecule has 1 aromatic heterocycles. The topological polar surface area (TPSA) is 81.7 Å². The van der Waals surface area contributed by atoms with E-state index in [0.29, 0.717) is 11.3 Å². The van der Waals surface area contributed by atoms with E-state index in [4.69, 9.17) is 4.98 Å². The summed E-state index contributed by atoms with van der Waals surface area (Å²) < 4.78 is 30.6. The van der Waals surface area contributed by atoms with Crippen LogP contribution in [0.3, 0.4) is 0 Å². The standard InChI is InChI=1S/C19H19BrN5O2S/c1-24-10-12-25(13-11-24)19-18(21-16-4-2-3-5-17(16)22-19)23-28(26,27)15-8-6-14(20)7-9-15/h2-9H,10-13H2,1H3/q-1/p+1. The molecule has 7 nitrogen and oxygen atoms in total. The summed E-state index contributed by atoms with van der Waals surface area (Å²) in [5.74, 6) is 0.660. The quantitative estimate of drug-likeness (QED) is 0.643. The van der Waals surface area contributed by atoms with E-state index in [-0.39, 0.29) is 10.7 Å². The number of hydrogen-bond donors (Lipinski definition) is 1. The summed E-state index contributed by atoms with van der Waals surface area (Å²) in [6.07, 6.45) is 0. The highest BCUT2D eigenvalue weighted by Crippen LogP contribution is 2.35. The number of halogens is 1. The number of rotatable bonds is 4. The molecule has 2 heterocycles. The summed E-state index contributed by atoms with van der Waals surface area (Å²) in [5.41, 5.74) is 1.35. The fourth-order valence-electron chi connectivity index (χ4n) is 3.13. The molecule has 9 heteroatoms. The molecule has 1 aliphatic rings. The minimum Gasteiger partial charge on any atom is -0.431 e. The van der Waals surface area contributed by atoms with Crippen LogP contribution in [0.25, 0.3) is 15.8 Å². The Morgan fingerprint density at radius 3 is 2.25 bits per heavy atom. The molecule has 4 rings (SSSR count). The number of piperazine rings is 1. The van der Waals surface area contributed by atoms with Gasteiger partial charge in [-0.05, 0) is 41.7 Å². The van der Waals surface area contributed by atoms with Crippen molar-refractivity contribution in [2.45, 2.75) is 4.90 Å². The lowest BCUT2D eigenvalue weighted by molar-refractivity contribution is -0.880. The number of fused-ring (bicyclic) bond motifs is 1. The molecule has 0 aliphatic carbocycles. The first kappa shape index (κ1) is 19.1. The van der Waals surface area contributed by atoms with Crippen molar-refractivity contribution in [3.63, 3.8) is 0 Å². The second-order valence-corrected chi connectivity index (χ2v) is 9.34. The Balaban J connectivity index is 1.76. The third-order valence-corrected chi connectivity index (χ3v) is 6.58. The molecule has 28 heavy (non-hydrogen) atoms. The number of anilines is 1. The zero-order valence-electron chi connectivity index (χ0n) is 15.3. The minimum absolute atomic E-state index is 0.124. The van der Waals surface area contributed by atoms with Crippen LogP contribution in [-0.2, 0) is 10.0 Å². The van der Waals surface area contributed by atoms with Crippen molar-refractivity contribution in [2.24, 2.45) is 0 Å². The number of nitrogens with one attached hydrogen (secondary N) is 1. The first-order valence-electron chi connectivity index (χ1n) is 8.99. The molecule has 1 N–H and O–H groups in total. The summed E-state index contributed by atoms with van der Waals surface area (Å²) in [6.45, 7) is 3.46. The Morgan fingerprint density at radius 1 is 1.00 bits per heavy atom. The molecule has 0 saturated carbocycles. The fraction of sp³-hybridized carbons (Fsp3) is 0.263. The van der Waals surface area contributed by atoms with Gasteiger partial charge in [0.25, 0.3) is 0 Å². The van der Waals surface area contributed by atoms with Crippen LogP contribution in [0.4, 0.5) is 11.6 Å². The minimum atomic E-state index is -3.90. The highest BCUT2D eigenvalue weighted by molar-refractivity contribution is 9.10. The van der Waals surface area contributed by atoms with Crippen LogP contribution in [0, 0.1) is 0 Å². The zero-order valence-corrected chi connectivity index (χ0v) is 17.7. The van der Waals surface area contributed by atoms with Gasteiger partial charge in [0, 0.05) is 4.47 Å². The van der Waals surface area contributed by atoms with Gasteiger partial charge in [0.15, 0.2) is 0 Å². The van der Waals surface area contributed by atoms with Crippen LogP contribution in [0.1, 0.15) is 0 Å². The van der Waals surface area contributed by atoms with Crippen LogP contribution in [0.5, 0.6) is 0 Å². The highest BCUT2D eigenvalue weighted by atomic mass is 79.9. The predicted octanol–water partition coefficient (Wildman–Crippen LogP) is 2.12. The van der Waals surface area contributed by atoms with Crippen LogP contribution < -0.4 is 9.80 Å². The molecular weight excluding hydrogens is 442 g/mol. The van der Waals surface area contributed by atoms with Gasteiger partial charge in [0.1, 0.15) is 5.82 Å². The predicted molar refractivity (Wildman–Crippen MR) is 113 cm³/mol. The van der Waals surface area contributed by atoms with Gasteiger partial charge in [-0.3, -0.25) is 0 Å². The number of quaternary nitrogens is 1. The second-order valence-electron chi connectivity index (χ2n) is 6.82. The van der Waals surface area contributed by atoms with E-state index in [2.05, 4.69) is 37.6 Å². The van der Waals surface area contributed by atoms with Gasteiger partial charge in [0.2, 0.25) is 10.0 Å². The first-order valence-corrected chi connectivity index (χ1v) is 11.2. The van der Waals surface area contributed by atoms with E-state index in [1.54, 1.807) is 12.1 Å². The number of aromatic nitrogens is 2. The number of para-hydroxylation sites is 2. The summed E-state index contributed by atoms with van der Waals surface area (Å²) >= 11 is 3.32. The summed E-state index contributed by atoms with van der Waals surface area (Å²) in [5, 5.41) is 0. The van der Waals surface area contributed by atoms with Crippen LogP contribution in [0.2, 0.25) is 0 Å². The van der Waals surface area contributed by atoms with Crippen molar-refractivity contribution in [3.05, 3.63) is 57.7 Å². The number of benzene rings is 2. The average molecular weight is 462 g/mol.